The number of hydrogen-bond acceptors (Lipinski definition) is 5. The predicted molar refractivity (Wildman–Crippen MR) is 114 cm³/mol. The molecule has 0 saturated carbocycles. The summed E-state index contributed by atoms with van der Waals surface area (Å²) in [6.07, 6.45) is 0. The van der Waals surface area contributed by atoms with Crippen molar-refractivity contribution in [2.24, 2.45) is 0 Å². The number of anilines is 1. The quantitative estimate of drug-likeness (QED) is 0.712. The maximum Gasteiger partial charge on any atom is 0.232 e. The van der Waals surface area contributed by atoms with Crippen molar-refractivity contribution in [3.05, 3.63) is 52.8 Å². The van der Waals surface area contributed by atoms with Crippen molar-refractivity contribution < 1.29 is 18.7 Å². The van der Waals surface area contributed by atoms with E-state index in [1.54, 1.807) is 23.9 Å². The summed E-state index contributed by atoms with van der Waals surface area (Å²) >= 11 is 7.83. The summed E-state index contributed by atoms with van der Waals surface area (Å²) in [5.74, 6) is 2.26. The van der Waals surface area contributed by atoms with Gasteiger partial charge in [-0.2, -0.15) is 0 Å². The zero-order valence-electron chi connectivity index (χ0n) is 15.9. The van der Waals surface area contributed by atoms with Gasteiger partial charge in [-0.3, -0.25) is 4.79 Å². The second-order valence-electron chi connectivity index (χ2n) is 6.94. The average Bonchev–Trinajstić information content (AvgIpc) is 2.74. The third-order valence-electron chi connectivity index (χ3n) is 4.98. The minimum absolute atomic E-state index is 0.136. The highest BCUT2D eigenvalue weighted by Crippen LogP contribution is 2.39. The van der Waals surface area contributed by atoms with E-state index in [4.69, 9.17) is 21.1 Å². The van der Waals surface area contributed by atoms with Gasteiger partial charge < -0.3 is 19.3 Å². The van der Waals surface area contributed by atoms with Gasteiger partial charge in [0, 0.05) is 37.6 Å². The lowest BCUT2D eigenvalue weighted by Gasteiger charge is -2.36. The van der Waals surface area contributed by atoms with Crippen LogP contribution in [0.1, 0.15) is 5.56 Å². The first kappa shape index (κ1) is 20.2. The molecular formula is C21H22ClFN2O3S. The Hall–Kier alpha value is -2.12. The summed E-state index contributed by atoms with van der Waals surface area (Å²) < 4.78 is 24.2. The summed E-state index contributed by atoms with van der Waals surface area (Å²) in [6, 6.07) is 10.3. The van der Waals surface area contributed by atoms with Crippen molar-refractivity contribution >= 4 is 35.0 Å². The van der Waals surface area contributed by atoms with E-state index in [1.165, 1.54) is 12.1 Å². The molecule has 0 unspecified atom stereocenters. The molecule has 1 amide bonds. The zero-order chi connectivity index (χ0) is 20.2. The molecule has 2 aromatic rings. The fourth-order valence-corrected chi connectivity index (χ4v) is 4.61. The Morgan fingerprint density at radius 1 is 1.07 bits per heavy atom. The van der Waals surface area contributed by atoms with Crippen LogP contribution >= 0.6 is 23.4 Å². The molecule has 2 heterocycles. The number of halogens is 2. The topological polar surface area (TPSA) is 42.0 Å². The number of carbonyl (C=O) groups excluding carboxylic acids is 1. The third-order valence-corrected chi connectivity index (χ3v) is 6.24. The molecule has 0 spiro atoms. The number of nitrogens with zero attached hydrogens (tertiary/aromatic N) is 2. The molecule has 0 N–H and O–H groups in total. The van der Waals surface area contributed by atoms with Crippen LogP contribution in [0.3, 0.4) is 0 Å². The van der Waals surface area contributed by atoms with Gasteiger partial charge in [-0.25, -0.2) is 4.39 Å². The Morgan fingerprint density at radius 3 is 2.55 bits per heavy atom. The first-order valence-corrected chi connectivity index (χ1v) is 11.1. The molecule has 1 fully saturated rings. The summed E-state index contributed by atoms with van der Waals surface area (Å²) in [6.45, 7) is 3.87. The minimum atomic E-state index is -0.237. The van der Waals surface area contributed by atoms with Crippen LogP contribution in [0, 0.1) is 5.82 Å². The van der Waals surface area contributed by atoms with Crippen molar-refractivity contribution in [3.63, 3.8) is 0 Å². The number of thioether (sulfide) groups is 1. The van der Waals surface area contributed by atoms with Crippen LogP contribution < -0.4 is 14.4 Å². The molecule has 8 heteroatoms. The Bertz CT molecular complexity index is 873. The first-order valence-electron chi connectivity index (χ1n) is 9.54. The third kappa shape index (κ3) is 4.90. The fourth-order valence-electron chi connectivity index (χ4n) is 3.46. The number of rotatable bonds is 5. The standard InChI is InChI=1S/C21H22ClFN2O3S/c22-18-11-15(12-19-21(18)28-10-9-27-19)13-29-14-20(26)25-7-5-24(6-8-25)17-3-1-16(23)2-4-17/h1-4,11-12H,5-10,13-14H2. The summed E-state index contributed by atoms with van der Waals surface area (Å²) in [5.41, 5.74) is 2.00. The van der Waals surface area contributed by atoms with E-state index in [1.807, 2.05) is 17.0 Å². The Labute approximate surface area is 178 Å². The molecule has 5 nitrogen and oxygen atoms in total. The monoisotopic (exact) mass is 436 g/mol. The molecule has 4 rings (SSSR count). The molecule has 1 saturated heterocycles. The number of benzene rings is 2. The Morgan fingerprint density at radius 2 is 1.79 bits per heavy atom. The van der Waals surface area contributed by atoms with Crippen molar-refractivity contribution in [3.8, 4) is 11.5 Å². The lowest BCUT2D eigenvalue weighted by atomic mass is 10.2. The molecule has 0 aromatic heterocycles. The number of fused-ring (bicyclic) bond motifs is 1. The smallest absolute Gasteiger partial charge is 0.232 e. The van der Waals surface area contributed by atoms with E-state index in [0.29, 0.717) is 54.3 Å². The van der Waals surface area contributed by atoms with Crippen LogP contribution in [-0.4, -0.2) is 56.0 Å². The van der Waals surface area contributed by atoms with Crippen molar-refractivity contribution in [1.82, 2.24) is 4.90 Å². The molecule has 0 aliphatic carbocycles. The highest BCUT2D eigenvalue weighted by molar-refractivity contribution is 7.99. The lowest BCUT2D eigenvalue weighted by Crippen LogP contribution is -2.49. The lowest BCUT2D eigenvalue weighted by molar-refractivity contribution is -0.128. The van der Waals surface area contributed by atoms with Crippen LogP contribution in [0.15, 0.2) is 36.4 Å². The second-order valence-corrected chi connectivity index (χ2v) is 8.33. The largest absolute Gasteiger partial charge is 0.486 e. The van der Waals surface area contributed by atoms with E-state index in [2.05, 4.69) is 4.90 Å². The van der Waals surface area contributed by atoms with Crippen LogP contribution in [0.25, 0.3) is 0 Å². The van der Waals surface area contributed by atoms with Crippen LogP contribution in [0.4, 0.5) is 10.1 Å². The molecule has 0 bridgehead atoms. The summed E-state index contributed by atoms with van der Waals surface area (Å²) in [5, 5.41) is 0.543. The summed E-state index contributed by atoms with van der Waals surface area (Å²) in [7, 11) is 0. The van der Waals surface area contributed by atoms with Crippen LogP contribution in [0.2, 0.25) is 5.02 Å². The molecule has 29 heavy (non-hydrogen) atoms. The molecule has 154 valence electrons. The van der Waals surface area contributed by atoms with E-state index in [0.717, 1.165) is 24.3 Å². The fraction of sp³-hybridized carbons (Fsp3) is 0.381. The van der Waals surface area contributed by atoms with E-state index >= 15 is 0 Å². The van der Waals surface area contributed by atoms with Gasteiger partial charge in [-0.15, -0.1) is 11.8 Å². The number of ether oxygens (including phenoxy) is 2. The second kappa shape index (κ2) is 9.13. The highest BCUT2D eigenvalue weighted by Gasteiger charge is 2.21. The van der Waals surface area contributed by atoms with Crippen LogP contribution in [-0.2, 0) is 10.5 Å². The van der Waals surface area contributed by atoms with Crippen LogP contribution in [0.5, 0.6) is 11.5 Å². The number of amides is 1. The van der Waals surface area contributed by atoms with Gasteiger partial charge in [0.2, 0.25) is 5.91 Å². The number of carbonyl (C=O) groups is 1. The number of hydrogen-bond donors (Lipinski definition) is 0. The maximum absolute atomic E-state index is 13.1. The van der Waals surface area contributed by atoms with Gasteiger partial charge in [0.1, 0.15) is 19.0 Å². The average molecular weight is 437 g/mol. The highest BCUT2D eigenvalue weighted by atomic mass is 35.5. The minimum Gasteiger partial charge on any atom is -0.486 e. The molecule has 2 aromatic carbocycles. The van der Waals surface area contributed by atoms with E-state index in [-0.39, 0.29) is 11.7 Å². The van der Waals surface area contributed by atoms with Gasteiger partial charge in [0.15, 0.2) is 11.5 Å². The van der Waals surface area contributed by atoms with E-state index in [9.17, 15) is 9.18 Å². The van der Waals surface area contributed by atoms with Crippen molar-refractivity contribution in [2.45, 2.75) is 5.75 Å². The Balaban J connectivity index is 1.24. The predicted octanol–water partition coefficient (Wildman–Crippen LogP) is 3.83. The zero-order valence-corrected chi connectivity index (χ0v) is 17.5. The molecule has 2 aliphatic rings. The van der Waals surface area contributed by atoms with Gasteiger partial charge in [-0.05, 0) is 42.0 Å². The van der Waals surface area contributed by atoms with Gasteiger partial charge in [-0.1, -0.05) is 11.6 Å². The van der Waals surface area contributed by atoms with Crippen molar-refractivity contribution in [2.75, 3.05) is 50.0 Å². The maximum atomic E-state index is 13.1. The van der Waals surface area contributed by atoms with Gasteiger partial charge >= 0.3 is 0 Å². The molecule has 0 atom stereocenters. The normalized spacial score (nSPS) is 16.1. The van der Waals surface area contributed by atoms with Gasteiger partial charge in [0.25, 0.3) is 0 Å². The Kier molecular flexibility index (Phi) is 6.35. The van der Waals surface area contributed by atoms with Crippen molar-refractivity contribution in [1.29, 1.82) is 0 Å². The van der Waals surface area contributed by atoms with E-state index < -0.39 is 0 Å². The first-order chi connectivity index (χ1) is 14.1. The molecular weight excluding hydrogens is 415 g/mol. The molecule has 2 aliphatic heterocycles. The van der Waals surface area contributed by atoms with Gasteiger partial charge in [0.05, 0.1) is 10.8 Å². The summed E-state index contributed by atoms with van der Waals surface area (Å²) in [4.78, 5) is 16.6. The molecule has 0 radical (unpaired) electrons. The SMILES string of the molecule is O=C(CSCc1cc(Cl)c2c(c1)OCCO2)N1CCN(c2ccc(F)cc2)CC1. The number of piperazine rings is 1.